The Kier molecular flexibility index (Phi) is 3.29. The second kappa shape index (κ2) is 4.88. The van der Waals surface area contributed by atoms with Gasteiger partial charge in [0.05, 0.1) is 11.0 Å². The standard InChI is InChI=1S/C17H16BrNO2/c1-17(2,3)21-16(20)19-14-7-5-4-6-12(14)13-9-8-11(18)10-15(13)19/h4-10H,1-3H3. The van der Waals surface area contributed by atoms with Crippen molar-refractivity contribution in [1.82, 2.24) is 4.57 Å². The number of para-hydroxylation sites is 1. The maximum absolute atomic E-state index is 12.6. The Morgan fingerprint density at radius 2 is 1.71 bits per heavy atom. The summed E-state index contributed by atoms with van der Waals surface area (Å²) < 4.78 is 8.12. The van der Waals surface area contributed by atoms with E-state index in [-0.39, 0.29) is 6.09 Å². The summed E-state index contributed by atoms with van der Waals surface area (Å²) in [6.45, 7) is 5.61. The lowest BCUT2D eigenvalue weighted by atomic mass is 10.2. The van der Waals surface area contributed by atoms with Crippen molar-refractivity contribution in [2.75, 3.05) is 0 Å². The maximum Gasteiger partial charge on any atom is 0.419 e. The number of rotatable bonds is 0. The van der Waals surface area contributed by atoms with Gasteiger partial charge in [-0.25, -0.2) is 9.36 Å². The third-order valence-electron chi connectivity index (χ3n) is 3.21. The highest BCUT2D eigenvalue weighted by molar-refractivity contribution is 9.10. The molecule has 2 aromatic carbocycles. The van der Waals surface area contributed by atoms with Crippen LogP contribution in [0.4, 0.5) is 4.79 Å². The van der Waals surface area contributed by atoms with E-state index in [2.05, 4.69) is 15.9 Å². The molecule has 0 saturated heterocycles. The number of ether oxygens (including phenoxy) is 1. The second-order valence-corrected chi connectivity index (χ2v) is 6.91. The van der Waals surface area contributed by atoms with Crippen LogP contribution in [0.1, 0.15) is 20.8 Å². The van der Waals surface area contributed by atoms with Crippen LogP contribution in [0.5, 0.6) is 0 Å². The lowest BCUT2D eigenvalue weighted by molar-refractivity contribution is 0.0551. The average Bonchev–Trinajstić information content (AvgIpc) is 2.70. The Labute approximate surface area is 131 Å². The van der Waals surface area contributed by atoms with Crippen LogP contribution in [0.2, 0.25) is 0 Å². The first-order valence-electron chi connectivity index (χ1n) is 6.79. The summed E-state index contributed by atoms with van der Waals surface area (Å²) in [5.74, 6) is 0. The van der Waals surface area contributed by atoms with Crippen molar-refractivity contribution < 1.29 is 9.53 Å². The van der Waals surface area contributed by atoms with Crippen LogP contribution in [-0.4, -0.2) is 16.3 Å². The van der Waals surface area contributed by atoms with Crippen LogP contribution in [0.25, 0.3) is 21.8 Å². The summed E-state index contributed by atoms with van der Waals surface area (Å²) in [7, 11) is 0. The summed E-state index contributed by atoms with van der Waals surface area (Å²) >= 11 is 3.47. The van der Waals surface area contributed by atoms with E-state index in [0.29, 0.717) is 0 Å². The molecule has 0 spiro atoms. The van der Waals surface area contributed by atoms with Crippen LogP contribution < -0.4 is 0 Å². The maximum atomic E-state index is 12.6. The first-order chi connectivity index (χ1) is 9.87. The number of hydrogen-bond donors (Lipinski definition) is 0. The van der Waals surface area contributed by atoms with Gasteiger partial charge in [-0.1, -0.05) is 40.2 Å². The van der Waals surface area contributed by atoms with Crippen molar-refractivity contribution in [3.63, 3.8) is 0 Å². The number of carbonyl (C=O) groups is 1. The van der Waals surface area contributed by atoms with E-state index < -0.39 is 5.60 Å². The molecule has 4 heteroatoms. The van der Waals surface area contributed by atoms with Crippen molar-refractivity contribution >= 4 is 43.8 Å². The van der Waals surface area contributed by atoms with Crippen LogP contribution >= 0.6 is 15.9 Å². The molecule has 21 heavy (non-hydrogen) atoms. The highest BCUT2D eigenvalue weighted by atomic mass is 79.9. The topological polar surface area (TPSA) is 31.2 Å². The van der Waals surface area contributed by atoms with Gasteiger partial charge in [0.2, 0.25) is 0 Å². The van der Waals surface area contributed by atoms with Gasteiger partial charge in [0.25, 0.3) is 0 Å². The molecular weight excluding hydrogens is 330 g/mol. The molecule has 0 bridgehead atoms. The fourth-order valence-corrected chi connectivity index (χ4v) is 2.80. The molecule has 3 nitrogen and oxygen atoms in total. The Bertz CT molecular complexity index is 843. The van der Waals surface area contributed by atoms with Gasteiger partial charge in [-0.2, -0.15) is 0 Å². The number of halogens is 1. The zero-order valence-corrected chi connectivity index (χ0v) is 13.8. The molecule has 3 rings (SSSR count). The summed E-state index contributed by atoms with van der Waals surface area (Å²) in [4.78, 5) is 12.6. The van der Waals surface area contributed by atoms with E-state index in [1.165, 1.54) is 0 Å². The Morgan fingerprint density at radius 3 is 2.43 bits per heavy atom. The lowest BCUT2D eigenvalue weighted by Crippen LogP contribution is -2.27. The highest BCUT2D eigenvalue weighted by Gasteiger charge is 2.22. The highest BCUT2D eigenvalue weighted by Crippen LogP contribution is 2.31. The number of hydrogen-bond acceptors (Lipinski definition) is 2. The molecule has 0 fully saturated rings. The van der Waals surface area contributed by atoms with E-state index >= 15 is 0 Å². The van der Waals surface area contributed by atoms with Crippen LogP contribution in [-0.2, 0) is 4.74 Å². The predicted octanol–water partition coefficient (Wildman–Crippen LogP) is 5.34. The molecule has 1 heterocycles. The molecular formula is C17H16BrNO2. The quantitative estimate of drug-likeness (QED) is 0.550. The average molecular weight is 346 g/mol. The van der Waals surface area contributed by atoms with Crippen molar-refractivity contribution in [3.05, 3.63) is 46.9 Å². The number of aromatic nitrogens is 1. The zero-order valence-electron chi connectivity index (χ0n) is 12.2. The second-order valence-electron chi connectivity index (χ2n) is 5.99. The molecule has 0 amide bonds. The van der Waals surface area contributed by atoms with Gasteiger partial charge < -0.3 is 4.74 Å². The summed E-state index contributed by atoms with van der Waals surface area (Å²) in [5.41, 5.74) is 1.18. The van der Waals surface area contributed by atoms with E-state index in [4.69, 9.17) is 4.74 Å². The first kappa shape index (κ1) is 14.1. The monoisotopic (exact) mass is 345 g/mol. The number of fused-ring (bicyclic) bond motifs is 3. The van der Waals surface area contributed by atoms with E-state index in [1.54, 1.807) is 4.57 Å². The zero-order chi connectivity index (χ0) is 15.2. The van der Waals surface area contributed by atoms with Crippen molar-refractivity contribution in [2.45, 2.75) is 26.4 Å². The Morgan fingerprint density at radius 1 is 1.05 bits per heavy atom. The Hall–Kier alpha value is -1.81. The van der Waals surface area contributed by atoms with Gasteiger partial charge in [0, 0.05) is 15.2 Å². The minimum atomic E-state index is -0.527. The Balaban J connectivity index is 2.32. The predicted molar refractivity (Wildman–Crippen MR) is 88.8 cm³/mol. The molecule has 0 saturated carbocycles. The largest absolute Gasteiger partial charge is 0.443 e. The van der Waals surface area contributed by atoms with Crippen LogP contribution in [0.15, 0.2) is 46.9 Å². The smallest absolute Gasteiger partial charge is 0.419 e. The van der Waals surface area contributed by atoms with E-state index in [1.807, 2.05) is 63.2 Å². The van der Waals surface area contributed by atoms with Crippen molar-refractivity contribution in [1.29, 1.82) is 0 Å². The van der Waals surface area contributed by atoms with Gasteiger partial charge in [-0.15, -0.1) is 0 Å². The SMILES string of the molecule is CC(C)(C)OC(=O)n1c2ccccc2c2ccc(Br)cc21. The van der Waals surface area contributed by atoms with E-state index in [0.717, 1.165) is 26.3 Å². The number of nitrogens with zero attached hydrogens (tertiary/aromatic N) is 1. The minimum Gasteiger partial charge on any atom is -0.443 e. The third kappa shape index (κ3) is 2.56. The molecule has 3 aromatic rings. The summed E-state index contributed by atoms with van der Waals surface area (Å²) in [5, 5.41) is 2.09. The molecule has 0 N–H and O–H groups in total. The molecule has 0 aliphatic heterocycles. The van der Waals surface area contributed by atoms with Gasteiger partial charge in [-0.3, -0.25) is 0 Å². The van der Waals surface area contributed by atoms with Gasteiger partial charge in [0.15, 0.2) is 0 Å². The van der Waals surface area contributed by atoms with Crippen LogP contribution in [0.3, 0.4) is 0 Å². The molecule has 0 radical (unpaired) electrons. The molecule has 0 aliphatic rings. The normalized spacial score (nSPS) is 12.0. The molecule has 108 valence electrons. The lowest BCUT2D eigenvalue weighted by Gasteiger charge is -2.20. The molecule has 0 unspecified atom stereocenters. The van der Waals surface area contributed by atoms with E-state index in [9.17, 15) is 4.79 Å². The molecule has 0 atom stereocenters. The number of benzene rings is 2. The minimum absolute atomic E-state index is 0.355. The third-order valence-corrected chi connectivity index (χ3v) is 3.71. The van der Waals surface area contributed by atoms with Crippen molar-refractivity contribution in [2.24, 2.45) is 0 Å². The summed E-state index contributed by atoms with van der Waals surface area (Å²) in [6.07, 6.45) is -0.355. The fraction of sp³-hybridized carbons (Fsp3) is 0.235. The summed E-state index contributed by atoms with van der Waals surface area (Å²) in [6, 6.07) is 13.8. The fourth-order valence-electron chi connectivity index (χ4n) is 2.45. The van der Waals surface area contributed by atoms with Crippen molar-refractivity contribution in [3.8, 4) is 0 Å². The van der Waals surface area contributed by atoms with Gasteiger partial charge in [0.1, 0.15) is 5.60 Å². The first-order valence-corrected chi connectivity index (χ1v) is 7.58. The molecule has 1 aromatic heterocycles. The van der Waals surface area contributed by atoms with Gasteiger partial charge >= 0.3 is 6.09 Å². The van der Waals surface area contributed by atoms with Crippen LogP contribution in [0, 0.1) is 0 Å². The van der Waals surface area contributed by atoms with Gasteiger partial charge in [-0.05, 0) is 39.0 Å². The molecule has 0 aliphatic carbocycles. The number of carbonyl (C=O) groups excluding carboxylic acids is 1.